The molecule has 0 aromatic rings. The maximum atomic E-state index is 9.00. The molecule has 0 saturated carbocycles. The van der Waals surface area contributed by atoms with E-state index < -0.39 is 25.9 Å². The number of hydrogen-bond donors (Lipinski definition) is 3. The third-order valence-corrected chi connectivity index (χ3v) is 7.71. The van der Waals surface area contributed by atoms with Crippen LogP contribution in [0.1, 0.15) is 69.7 Å². The SMILES string of the molecule is C.CC(=O)O.N.O=[C-]O.[3H]I(OC(C)C)(OC(C)C)(OC(C)C)OC(C)C.[Ca+2].[OH-]. The molecule has 0 bridgehead atoms. The minimum absolute atomic E-state index is 0. The zero-order chi connectivity index (χ0) is 20.9. The Morgan fingerprint density at radius 3 is 1.07 bits per heavy atom. The molecule has 0 heterocycles. The number of hydrogen-bond acceptors (Lipinski definition) is 8. The molecule has 28 heavy (non-hydrogen) atoms. The van der Waals surface area contributed by atoms with Gasteiger partial charge in [-0.15, -0.1) is 0 Å². The molecule has 0 radical (unpaired) electrons. The minimum Gasteiger partial charge on any atom is -0.870 e. The van der Waals surface area contributed by atoms with E-state index in [-0.39, 0.29) is 81.2 Å². The second-order valence-corrected chi connectivity index (χ2v) is 9.73. The molecule has 0 aromatic carbocycles. The largest absolute Gasteiger partial charge is 2.00 e. The number of rotatable bonds is 8. The summed E-state index contributed by atoms with van der Waals surface area (Å²) in [4.78, 5) is 17.2. The first-order valence-electron chi connectivity index (χ1n) is 7.91. The van der Waals surface area contributed by atoms with Crippen LogP contribution in [0, 0.1) is 0 Å². The van der Waals surface area contributed by atoms with Crippen molar-refractivity contribution in [3.8, 4) is 0 Å². The first kappa shape index (κ1) is 42.7. The molecule has 0 aliphatic rings. The number of aliphatic hydroxyl groups excluding tert-OH is 1. The van der Waals surface area contributed by atoms with Crippen LogP contribution in [0.25, 0.3) is 0 Å². The normalized spacial score (nSPS) is 11.5. The summed E-state index contributed by atoms with van der Waals surface area (Å²) in [6.07, 6.45) is -0.749. The van der Waals surface area contributed by atoms with Gasteiger partial charge in [-0.3, -0.25) is 4.79 Å². The van der Waals surface area contributed by atoms with Crippen molar-refractivity contribution in [2.45, 2.75) is 94.2 Å². The number of aliphatic carboxylic acids is 1. The zero-order valence-electron chi connectivity index (χ0n) is 18.9. The van der Waals surface area contributed by atoms with Crippen molar-refractivity contribution in [1.82, 2.24) is 6.15 Å². The molecular weight excluding hydrogens is 517 g/mol. The molecule has 0 amide bonds. The smallest absolute Gasteiger partial charge is 0.870 e. The van der Waals surface area contributed by atoms with Gasteiger partial charge < -0.3 is 26.6 Å². The van der Waals surface area contributed by atoms with E-state index in [1.165, 1.54) is 0 Å². The van der Waals surface area contributed by atoms with Crippen molar-refractivity contribution in [2.24, 2.45) is 0 Å². The Morgan fingerprint density at radius 1 is 0.893 bits per heavy atom. The number of carbonyl (C=O) groups is 1. The van der Waals surface area contributed by atoms with Crippen LogP contribution >= 0.6 is 19.9 Å². The Bertz CT molecular complexity index is 334. The van der Waals surface area contributed by atoms with E-state index in [1.54, 1.807) is 0 Å². The molecule has 10 nitrogen and oxygen atoms in total. The van der Waals surface area contributed by atoms with Gasteiger partial charge in [0, 0.05) is 6.92 Å². The van der Waals surface area contributed by atoms with Crippen LogP contribution in [0.4, 0.5) is 0 Å². The average Bonchev–Trinajstić information content (AvgIpc) is 2.21. The summed E-state index contributed by atoms with van der Waals surface area (Å²) in [5.41, 5.74) is 0. The van der Waals surface area contributed by atoms with Crippen molar-refractivity contribution in [3.05, 3.63) is 0 Å². The summed E-state index contributed by atoms with van der Waals surface area (Å²) >= 11 is -4.99. The Hall–Kier alpha value is 0.690. The topological polar surface area (TPSA) is 177 Å². The Labute approximate surface area is 207 Å². The second-order valence-electron chi connectivity index (χ2n) is 5.54. The third-order valence-electron chi connectivity index (χ3n) is 1.15. The fourth-order valence-corrected chi connectivity index (χ4v) is 6.70. The summed E-state index contributed by atoms with van der Waals surface area (Å²) in [6.45, 7) is 16.4. The predicted molar refractivity (Wildman–Crippen MR) is 121 cm³/mol. The summed E-state index contributed by atoms with van der Waals surface area (Å²) in [6, 6.07) is 0. The molecule has 0 saturated heterocycles. The summed E-state index contributed by atoms with van der Waals surface area (Å²) in [5, 5.41) is 14.2. The summed E-state index contributed by atoms with van der Waals surface area (Å²) in [7, 11) is 0. The van der Waals surface area contributed by atoms with Crippen molar-refractivity contribution in [3.63, 3.8) is 0 Å². The average molecular weight is 562 g/mol. The van der Waals surface area contributed by atoms with Gasteiger partial charge in [-0.2, -0.15) is 0 Å². The third kappa shape index (κ3) is 41.1. The summed E-state index contributed by atoms with van der Waals surface area (Å²) in [5.74, 6) is -0.833. The van der Waals surface area contributed by atoms with Crippen LogP contribution in [0.3, 0.4) is 0 Å². The van der Waals surface area contributed by atoms with Gasteiger partial charge in [0.2, 0.25) is 0 Å². The monoisotopic (exact) mass is 561 g/mol. The molecule has 0 rings (SSSR count). The van der Waals surface area contributed by atoms with Gasteiger partial charge in [0.15, 0.2) is 0 Å². The molecule has 0 atom stereocenters. The molecule has 0 fully saturated rings. The maximum absolute atomic E-state index is 9.00. The van der Waals surface area contributed by atoms with E-state index in [1.807, 2.05) is 55.4 Å². The number of carboxylic acids is 1. The van der Waals surface area contributed by atoms with Crippen molar-refractivity contribution < 1.29 is 37.5 Å². The van der Waals surface area contributed by atoms with Crippen LogP contribution in [-0.2, 0) is 21.9 Å². The molecular formula is C16H42CaINO9. The van der Waals surface area contributed by atoms with Crippen LogP contribution in [0.2, 0.25) is 0 Å². The fourth-order valence-electron chi connectivity index (χ4n) is 0.999. The van der Waals surface area contributed by atoms with Crippen LogP contribution in [0.5, 0.6) is 0 Å². The van der Waals surface area contributed by atoms with Gasteiger partial charge >= 0.3 is 150 Å². The maximum Gasteiger partial charge on any atom is 2.00 e. The van der Waals surface area contributed by atoms with E-state index in [9.17, 15) is 0 Å². The van der Waals surface area contributed by atoms with Crippen LogP contribution < -0.4 is 6.15 Å². The van der Waals surface area contributed by atoms with Crippen molar-refractivity contribution in [1.29, 1.82) is 0.594 Å². The Morgan fingerprint density at radius 2 is 1.00 bits per heavy atom. The first-order valence-corrected chi connectivity index (χ1v) is 11.1. The van der Waals surface area contributed by atoms with Gasteiger partial charge in [-0.25, -0.2) is 0 Å². The van der Waals surface area contributed by atoms with Crippen molar-refractivity contribution in [2.75, 3.05) is 0 Å². The molecule has 0 aliphatic carbocycles. The van der Waals surface area contributed by atoms with E-state index in [2.05, 4.69) is 0 Å². The van der Waals surface area contributed by atoms with Crippen LogP contribution in [0.15, 0.2) is 0 Å². The molecule has 12 heteroatoms. The van der Waals surface area contributed by atoms with E-state index in [4.69, 9.17) is 32.7 Å². The Balaban J connectivity index is -0.0000000767. The second kappa shape index (κ2) is 27.7. The molecule has 0 aliphatic heterocycles. The summed E-state index contributed by atoms with van der Waals surface area (Å²) < 4.78 is 31.7. The van der Waals surface area contributed by atoms with Gasteiger partial charge in [0.1, 0.15) is 0 Å². The van der Waals surface area contributed by atoms with Gasteiger partial charge in [0.25, 0.3) is 5.97 Å². The zero-order valence-corrected chi connectivity index (χ0v) is 22.3. The van der Waals surface area contributed by atoms with E-state index >= 15 is 0 Å². The Kier molecular flexibility index (Phi) is 42.3. The number of halogens is 1. The molecule has 174 valence electrons. The molecule has 6 N–H and O–H groups in total. The van der Waals surface area contributed by atoms with Crippen LogP contribution in [-0.4, -0.2) is 90.9 Å². The molecule has 0 spiro atoms. The number of carboxylic acid groups (broad SMARTS) is 1. The molecule has 0 aromatic heterocycles. The van der Waals surface area contributed by atoms with Gasteiger partial charge in [-0.05, 0) is 0 Å². The standard InChI is InChI=1S/C12H29IO4.C2H4O2.CHO2.CH4.Ca.H3N.H2O/c1-9(2)14-13(15-10(3)4,16-11(5)6)17-12(7)8;1-2(3)4;2-1-3;;;;/h9-13H,1-8H3;1H3,(H,3,4);(H,2,3);1H4;;1H3;1H2/q;;-1;;+2;;/p-1/i13T;;;;;;. The van der Waals surface area contributed by atoms with Gasteiger partial charge in [-0.1, -0.05) is 13.9 Å². The van der Waals surface area contributed by atoms with Crippen molar-refractivity contribution >= 4 is 70.1 Å². The first-order chi connectivity index (χ1) is 11.1. The fraction of sp³-hybridized carbons (Fsp3) is 0.875. The van der Waals surface area contributed by atoms with Gasteiger partial charge in [0.05, 0.1) is 0 Å². The quantitative estimate of drug-likeness (QED) is 0.222. The van der Waals surface area contributed by atoms with E-state index in [0.717, 1.165) is 6.92 Å². The minimum atomic E-state index is -4.99. The molecule has 0 unspecified atom stereocenters. The van der Waals surface area contributed by atoms with E-state index in [0.29, 0.717) is 6.47 Å². The predicted octanol–water partition coefficient (Wildman–Crippen LogP) is 4.06.